The lowest BCUT2D eigenvalue weighted by Gasteiger charge is -2.17. The minimum absolute atomic E-state index is 0.0335. The fraction of sp³-hybridized carbons (Fsp3) is 0.250. The van der Waals surface area contributed by atoms with Crippen LogP contribution in [0.1, 0.15) is 28.2 Å². The number of amides is 1. The monoisotopic (exact) mass is 409 g/mol. The Hall–Kier alpha value is -3.33. The van der Waals surface area contributed by atoms with Gasteiger partial charge in [-0.15, -0.1) is 11.3 Å². The van der Waals surface area contributed by atoms with Gasteiger partial charge in [-0.1, -0.05) is 0 Å². The normalized spacial score (nSPS) is 13.4. The molecule has 9 heteroatoms. The molecule has 1 fully saturated rings. The summed E-state index contributed by atoms with van der Waals surface area (Å²) in [6.45, 7) is 1.86. The van der Waals surface area contributed by atoms with Crippen molar-refractivity contribution >= 4 is 28.6 Å². The number of thiazole rings is 1. The van der Waals surface area contributed by atoms with Crippen LogP contribution in [0.2, 0.25) is 0 Å². The Bertz CT molecular complexity index is 1030. The number of carbonyl (C=O) groups is 1. The molecule has 1 aliphatic rings. The Morgan fingerprint density at radius 3 is 2.69 bits per heavy atom. The van der Waals surface area contributed by atoms with E-state index in [4.69, 9.17) is 0 Å². The molecular weight excluding hydrogens is 390 g/mol. The van der Waals surface area contributed by atoms with Gasteiger partial charge in [0.05, 0.1) is 17.2 Å². The number of aromatic nitrogens is 2. The van der Waals surface area contributed by atoms with Gasteiger partial charge in [-0.25, -0.2) is 4.98 Å². The van der Waals surface area contributed by atoms with Gasteiger partial charge in [-0.2, -0.15) is 0 Å². The van der Waals surface area contributed by atoms with Crippen LogP contribution in [0, 0.1) is 10.1 Å². The number of hydrogen-bond acceptors (Lipinski definition) is 7. The third kappa shape index (κ3) is 4.24. The molecule has 1 aromatic carbocycles. The first-order valence-corrected chi connectivity index (χ1v) is 10.2. The van der Waals surface area contributed by atoms with Crippen LogP contribution in [0.15, 0.2) is 48.1 Å². The Balaban J connectivity index is 1.45. The molecule has 0 bridgehead atoms. The predicted octanol–water partition coefficient (Wildman–Crippen LogP) is 3.64. The number of nitro benzene ring substituents is 1. The van der Waals surface area contributed by atoms with Gasteiger partial charge in [0.15, 0.2) is 0 Å². The van der Waals surface area contributed by atoms with Crippen LogP contribution in [0.25, 0.3) is 11.3 Å². The number of anilines is 1. The van der Waals surface area contributed by atoms with Crippen molar-refractivity contribution < 1.29 is 9.72 Å². The standard InChI is InChI=1S/C20H19N5O3S/c26-20(22-12-19-23-16(13-29-19)14-5-7-21-8-6-14)15-3-4-17(18(11-15)25(27)28)24-9-1-2-10-24/h3-8,11,13H,1-2,9-10,12H2,(H,22,26). The van der Waals surface area contributed by atoms with Gasteiger partial charge in [0.25, 0.3) is 11.6 Å². The minimum Gasteiger partial charge on any atom is -0.366 e. The summed E-state index contributed by atoms with van der Waals surface area (Å²) in [7, 11) is 0. The van der Waals surface area contributed by atoms with E-state index >= 15 is 0 Å². The molecule has 1 amide bonds. The largest absolute Gasteiger partial charge is 0.366 e. The zero-order valence-electron chi connectivity index (χ0n) is 15.6. The Kier molecular flexibility index (Phi) is 5.48. The van der Waals surface area contributed by atoms with Crippen LogP contribution in [0.4, 0.5) is 11.4 Å². The lowest BCUT2D eigenvalue weighted by Crippen LogP contribution is -2.23. The molecular formula is C20H19N5O3S. The third-order valence-corrected chi connectivity index (χ3v) is 5.66. The maximum absolute atomic E-state index is 12.5. The average molecular weight is 409 g/mol. The molecule has 148 valence electrons. The molecule has 0 spiro atoms. The maximum Gasteiger partial charge on any atom is 0.293 e. The van der Waals surface area contributed by atoms with E-state index in [1.54, 1.807) is 24.5 Å². The molecule has 0 atom stereocenters. The summed E-state index contributed by atoms with van der Waals surface area (Å²) in [5.74, 6) is -0.360. The zero-order valence-corrected chi connectivity index (χ0v) is 16.4. The molecule has 2 aromatic heterocycles. The molecule has 3 aromatic rings. The fourth-order valence-electron chi connectivity index (χ4n) is 3.34. The molecule has 8 nitrogen and oxygen atoms in total. The Morgan fingerprint density at radius 2 is 1.97 bits per heavy atom. The summed E-state index contributed by atoms with van der Waals surface area (Å²) in [4.78, 5) is 34.1. The summed E-state index contributed by atoms with van der Waals surface area (Å²) in [6.07, 6.45) is 5.45. The molecule has 1 N–H and O–H groups in total. The minimum atomic E-state index is -0.424. The quantitative estimate of drug-likeness (QED) is 0.493. The van der Waals surface area contributed by atoms with Crippen LogP contribution in [0.5, 0.6) is 0 Å². The Labute approximate surface area is 171 Å². The molecule has 0 radical (unpaired) electrons. The SMILES string of the molecule is O=C(NCc1nc(-c2ccncc2)cs1)c1ccc(N2CCCC2)c([N+](=O)[O-])c1. The highest BCUT2D eigenvalue weighted by atomic mass is 32.1. The van der Waals surface area contributed by atoms with Gasteiger partial charge in [0.2, 0.25) is 0 Å². The number of benzene rings is 1. The van der Waals surface area contributed by atoms with Gasteiger partial charge in [-0.3, -0.25) is 19.9 Å². The van der Waals surface area contributed by atoms with E-state index in [9.17, 15) is 14.9 Å². The van der Waals surface area contributed by atoms with Crippen molar-refractivity contribution in [3.63, 3.8) is 0 Å². The number of nitrogens with one attached hydrogen (secondary N) is 1. The number of rotatable bonds is 6. The third-order valence-electron chi connectivity index (χ3n) is 4.81. The lowest BCUT2D eigenvalue weighted by atomic mass is 10.1. The topological polar surface area (TPSA) is 101 Å². The number of hydrogen-bond donors (Lipinski definition) is 1. The summed E-state index contributed by atoms with van der Waals surface area (Å²) < 4.78 is 0. The molecule has 0 unspecified atom stereocenters. The number of carbonyl (C=O) groups excluding carboxylic acids is 1. The Morgan fingerprint density at radius 1 is 1.21 bits per heavy atom. The summed E-state index contributed by atoms with van der Waals surface area (Å²) in [6, 6.07) is 8.41. The van der Waals surface area contributed by atoms with E-state index in [0.717, 1.165) is 42.2 Å². The number of nitro groups is 1. The highest BCUT2D eigenvalue weighted by Gasteiger charge is 2.23. The van der Waals surface area contributed by atoms with E-state index in [0.29, 0.717) is 5.69 Å². The van der Waals surface area contributed by atoms with E-state index in [1.165, 1.54) is 17.4 Å². The van der Waals surface area contributed by atoms with E-state index < -0.39 is 4.92 Å². The van der Waals surface area contributed by atoms with E-state index in [2.05, 4.69) is 15.3 Å². The van der Waals surface area contributed by atoms with Crippen molar-refractivity contribution in [1.82, 2.24) is 15.3 Å². The molecule has 29 heavy (non-hydrogen) atoms. The van der Waals surface area contributed by atoms with Crippen LogP contribution < -0.4 is 10.2 Å². The lowest BCUT2D eigenvalue weighted by molar-refractivity contribution is -0.384. The van der Waals surface area contributed by atoms with E-state index in [-0.39, 0.29) is 23.7 Å². The van der Waals surface area contributed by atoms with Crippen molar-refractivity contribution in [3.05, 3.63) is 68.8 Å². The maximum atomic E-state index is 12.5. The number of pyridine rings is 1. The highest BCUT2D eigenvalue weighted by Crippen LogP contribution is 2.31. The second-order valence-electron chi connectivity index (χ2n) is 6.70. The van der Waals surface area contributed by atoms with Crippen molar-refractivity contribution in [2.45, 2.75) is 19.4 Å². The van der Waals surface area contributed by atoms with Crippen molar-refractivity contribution in [2.24, 2.45) is 0 Å². The summed E-state index contributed by atoms with van der Waals surface area (Å²) in [5, 5.41) is 17.0. The average Bonchev–Trinajstić information content (AvgIpc) is 3.44. The zero-order chi connectivity index (χ0) is 20.2. The molecule has 3 heterocycles. The summed E-state index contributed by atoms with van der Waals surface area (Å²) >= 11 is 1.45. The van der Waals surface area contributed by atoms with Crippen molar-refractivity contribution in [3.8, 4) is 11.3 Å². The molecule has 0 aliphatic carbocycles. The highest BCUT2D eigenvalue weighted by molar-refractivity contribution is 7.09. The van der Waals surface area contributed by atoms with Crippen LogP contribution in [0.3, 0.4) is 0 Å². The number of nitrogens with zero attached hydrogens (tertiary/aromatic N) is 4. The molecule has 1 saturated heterocycles. The second-order valence-corrected chi connectivity index (χ2v) is 7.64. The van der Waals surface area contributed by atoms with Gasteiger partial charge < -0.3 is 10.2 Å². The van der Waals surface area contributed by atoms with E-state index in [1.807, 2.05) is 22.4 Å². The van der Waals surface area contributed by atoms with Crippen molar-refractivity contribution in [1.29, 1.82) is 0 Å². The first-order valence-electron chi connectivity index (χ1n) is 9.28. The molecule has 4 rings (SSSR count). The second kappa shape index (κ2) is 8.36. The molecule has 1 aliphatic heterocycles. The van der Waals surface area contributed by atoms with Crippen LogP contribution in [-0.2, 0) is 6.54 Å². The van der Waals surface area contributed by atoms with Gasteiger partial charge in [-0.05, 0) is 37.1 Å². The van der Waals surface area contributed by atoms with Crippen LogP contribution >= 0.6 is 11.3 Å². The molecule has 0 saturated carbocycles. The fourth-order valence-corrected chi connectivity index (χ4v) is 4.08. The van der Waals surface area contributed by atoms with Crippen molar-refractivity contribution in [2.75, 3.05) is 18.0 Å². The summed E-state index contributed by atoms with van der Waals surface area (Å²) in [5.41, 5.74) is 2.60. The predicted molar refractivity (Wildman–Crippen MR) is 111 cm³/mol. The van der Waals surface area contributed by atoms with Gasteiger partial charge in [0, 0.05) is 48.1 Å². The first-order chi connectivity index (χ1) is 14.1. The smallest absolute Gasteiger partial charge is 0.293 e. The first kappa shape index (κ1) is 19.0. The van der Waals surface area contributed by atoms with Gasteiger partial charge in [0.1, 0.15) is 10.7 Å². The van der Waals surface area contributed by atoms with Gasteiger partial charge >= 0.3 is 0 Å². The van der Waals surface area contributed by atoms with Crippen LogP contribution in [-0.4, -0.2) is 33.9 Å².